The number of carbonyl (C=O) groups excluding carboxylic acids is 1. The van der Waals surface area contributed by atoms with E-state index >= 15 is 0 Å². The maximum Gasteiger partial charge on any atom is 0.309 e. The summed E-state index contributed by atoms with van der Waals surface area (Å²) in [6.07, 6.45) is 2.77. The van der Waals surface area contributed by atoms with Gasteiger partial charge in [-0.2, -0.15) is 0 Å². The van der Waals surface area contributed by atoms with Crippen molar-refractivity contribution in [3.05, 3.63) is 0 Å². The van der Waals surface area contributed by atoms with Crippen molar-refractivity contribution < 1.29 is 9.53 Å². The minimum Gasteiger partial charge on any atom is -0.466 e. The van der Waals surface area contributed by atoms with E-state index in [2.05, 4.69) is 37.9 Å². The monoisotopic (exact) mass is 439 g/mol. The van der Waals surface area contributed by atoms with Gasteiger partial charge in [0.05, 0.1) is 12.5 Å². The van der Waals surface area contributed by atoms with Crippen LogP contribution in [0.4, 0.5) is 0 Å². The Labute approximate surface area is 158 Å². The third-order valence-electron chi connectivity index (χ3n) is 3.87. The minimum atomic E-state index is -0.0446. The summed E-state index contributed by atoms with van der Waals surface area (Å²) in [5, 5.41) is 3.37. The van der Waals surface area contributed by atoms with Crippen LogP contribution in [0.3, 0.4) is 0 Å². The molecule has 1 N–H and O–H groups in total. The predicted molar refractivity (Wildman–Crippen MR) is 106 cm³/mol. The Kier molecular flexibility index (Phi) is 10.8. The topological polar surface area (TPSA) is 53.9 Å². The fourth-order valence-electron chi connectivity index (χ4n) is 2.51. The molecule has 0 unspecified atom stereocenters. The number of hydrogen-bond donors (Lipinski definition) is 1. The average molecular weight is 439 g/mol. The van der Waals surface area contributed by atoms with Gasteiger partial charge in [0.2, 0.25) is 0 Å². The van der Waals surface area contributed by atoms with Gasteiger partial charge in [-0.25, -0.2) is 0 Å². The van der Waals surface area contributed by atoms with Crippen molar-refractivity contribution in [2.45, 2.75) is 53.9 Å². The maximum atomic E-state index is 11.8. The smallest absolute Gasteiger partial charge is 0.309 e. The highest BCUT2D eigenvalue weighted by Crippen LogP contribution is 2.20. The molecular weight excluding hydrogens is 405 g/mol. The van der Waals surface area contributed by atoms with Gasteiger partial charge in [0.15, 0.2) is 5.96 Å². The van der Waals surface area contributed by atoms with Crippen molar-refractivity contribution in [3.8, 4) is 0 Å². The van der Waals surface area contributed by atoms with Gasteiger partial charge in [-0.15, -0.1) is 24.0 Å². The van der Waals surface area contributed by atoms with Crippen LogP contribution in [0, 0.1) is 11.3 Å². The number of carbonyl (C=O) groups is 1. The van der Waals surface area contributed by atoms with E-state index in [4.69, 9.17) is 9.73 Å². The molecule has 136 valence electrons. The van der Waals surface area contributed by atoms with Gasteiger partial charge < -0.3 is 15.0 Å². The summed E-state index contributed by atoms with van der Waals surface area (Å²) in [5.41, 5.74) is 0.303. The van der Waals surface area contributed by atoms with Crippen molar-refractivity contribution in [3.63, 3.8) is 0 Å². The molecule has 5 nitrogen and oxygen atoms in total. The van der Waals surface area contributed by atoms with Gasteiger partial charge in [-0.1, -0.05) is 20.8 Å². The molecule has 0 spiro atoms. The fourth-order valence-corrected chi connectivity index (χ4v) is 2.51. The van der Waals surface area contributed by atoms with Gasteiger partial charge in [-0.05, 0) is 38.5 Å². The van der Waals surface area contributed by atoms with Gasteiger partial charge in [0.1, 0.15) is 0 Å². The van der Waals surface area contributed by atoms with Crippen LogP contribution in [-0.2, 0) is 9.53 Å². The van der Waals surface area contributed by atoms with Crippen LogP contribution >= 0.6 is 24.0 Å². The Hall–Kier alpha value is -0.530. The lowest BCUT2D eigenvalue weighted by Crippen LogP contribution is -2.46. The third-order valence-corrected chi connectivity index (χ3v) is 3.87. The predicted octanol–water partition coefficient (Wildman–Crippen LogP) is 3.28. The normalized spacial score (nSPS) is 16.7. The first-order valence-corrected chi connectivity index (χ1v) is 8.57. The molecule has 1 heterocycles. The van der Waals surface area contributed by atoms with Gasteiger partial charge >= 0.3 is 5.97 Å². The number of nitrogens with one attached hydrogen (secondary N) is 1. The summed E-state index contributed by atoms with van der Waals surface area (Å²) >= 11 is 0. The number of esters is 1. The lowest BCUT2D eigenvalue weighted by molar-refractivity contribution is -0.149. The summed E-state index contributed by atoms with van der Waals surface area (Å²) < 4.78 is 5.12. The summed E-state index contributed by atoms with van der Waals surface area (Å²) in [6.45, 7) is 14.6. The van der Waals surface area contributed by atoms with Crippen molar-refractivity contribution in [1.82, 2.24) is 10.2 Å². The van der Waals surface area contributed by atoms with E-state index in [9.17, 15) is 4.79 Å². The second-order valence-electron chi connectivity index (χ2n) is 7.06. The molecular formula is C17H34IN3O2. The molecule has 0 atom stereocenters. The van der Waals surface area contributed by atoms with Gasteiger partial charge in [0, 0.05) is 26.2 Å². The lowest BCUT2D eigenvalue weighted by Gasteiger charge is -2.33. The summed E-state index contributed by atoms with van der Waals surface area (Å²) in [5.74, 6) is 0.986. The Morgan fingerprint density at radius 1 is 1.26 bits per heavy atom. The molecule has 1 saturated heterocycles. The minimum absolute atomic E-state index is 0. The quantitative estimate of drug-likeness (QED) is 0.309. The number of hydrogen-bond acceptors (Lipinski definition) is 3. The highest BCUT2D eigenvalue weighted by molar-refractivity contribution is 14.0. The molecule has 23 heavy (non-hydrogen) atoms. The van der Waals surface area contributed by atoms with Crippen molar-refractivity contribution in [2.75, 3.05) is 32.8 Å². The maximum absolute atomic E-state index is 11.8. The van der Waals surface area contributed by atoms with E-state index < -0.39 is 0 Å². The molecule has 0 bridgehead atoms. The number of ether oxygens (including phenoxy) is 1. The zero-order valence-corrected chi connectivity index (χ0v) is 17.7. The van der Waals surface area contributed by atoms with Crippen LogP contribution in [0.5, 0.6) is 0 Å². The van der Waals surface area contributed by atoms with Crippen LogP contribution in [0.2, 0.25) is 0 Å². The van der Waals surface area contributed by atoms with E-state index in [0.717, 1.165) is 51.4 Å². The second kappa shape index (κ2) is 11.1. The molecule has 0 aliphatic carbocycles. The van der Waals surface area contributed by atoms with Crippen molar-refractivity contribution >= 4 is 35.9 Å². The van der Waals surface area contributed by atoms with Crippen LogP contribution in [0.15, 0.2) is 4.99 Å². The molecule has 0 aromatic heterocycles. The van der Waals surface area contributed by atoms with Crippen LogP contribution < -0.4 is 5.32 Å². The number of aliphatic imine (C=N–C) groups is 1. The number of rotatable bonds is 5. The molecule has 1 aliphatic rings. The number of piperidine rings is 1. The SMILES string of the molecule is CCNC(=NCCC(C)(C)C)N1CCC(C(=O)OCC)CC1.I. The summed E-state index contributed by atoms with van der Waals surface area (Å²) in [6, 6.07) is 0. The highest BCUT2D eigenvalue weighted by Gasteiger charge is 2.27. The Balaban J connectivity index is 0.00000484. The first-order valence-electron chi connectivity index (χ1n) is 8.57. The van der Waals surface area contributed by atoms with E-state index in [1.54, 1.807) is 0 Å². The number of likely N-dealkylation sites (tertiary alicyclic amines) is 1. The number of nitrogens with zero attached hydrogens (tertiary/aromatic N) is 2. The molecule has 6 heteroatoms. The Morgan fingerprint density at radius 3 is 2.35 bits per heavy atom. The molecule has 1 fully saturated rings. The average Bonchev–Trinajstić information content (AvgIpc) is 2.45. The van der Waals surface area contributed by atoms with Gasteiger partial charge in [0.25, 0.3) is 0 Å². The van der Waals surface area contributed by atoms with Crippen molar-refractivity contribution in [2.24, 2.45) is 16.3 Å². The van der Waals surface area contributed by atoms with E-state index in [-0.39, 0.29) is 35.9 Å². The number of guanidine groups is 1. The largest absolute Gasteiger partial charge is 0.466 e. The molecule has 1 aliphatic heterocycles. The van der Waals surface area contributed by atoms with Crippen LogP contribution in [0.1, 0.15) is 53.9 Å². The van der Waals surface area contributed by atoms with E-state index in [1.165, 1.54) is 0 Å². The Bertz CT molecular complexity index is 373. The summed E-state index contributed by atoms with van der Waals surface area (Å²) in [4.78, 5) is 18.8. The van der Waals surface area contributed by atoms with Crippen LogP contribution in [0.25, 0.3) is 0 Å². The molecule has 0 aromatic rings. The van der Waals surface area contributed by atoms with Crippen molar-refractivity contribution in [1.29, 1.82) is 0 Å². The molecule has 0 radical (unpaired) electrons. The molecule has 1 rings (SSSR count). The standard InChI is InChI=1S/C17H33N3O2.HI/c1-6-18-16(19-11-10-17(3,4)5)20-12-8-14(9-13-20)15(21)22-7-2;/h14H,6-13H2,1-5H3,(H,18,19);1H. The zero-order valence-electron chi connectivity index (χ0n) is 15.4. The lowest BCUT2D eigenvalue weighted by atomic mass is 9.92. The fraction of sp³-hybridized carbons (Fsp3) is 0.882. The highest BCUT2D eigenvalue weighted by atomic mass is 127. The van der Waals surface area contributed by atoms with Gasteiger partial charge in [-0.3, -0.25) is 9.79 Å². The number of halogens is 1. The summed E-state index contributed by atoms with van der Waals surface area (Å²) in [7, 11) is 0. The third kappa shape index (κ3) is 8.77. The zero-order chi connectivity index (χ0) is 16.6. The first kappa shape index (κ1) is 22.5. The molecule has 0 amide bonds. The second-order valence-corrected chi connectivity index (χ2v) is 7.06. The first-order chi connectivity index (χ1) is 10.4. The molecule has 0 aromatic carbocycles. The molecule has 0 saturated carbocycles. The Morgan fingerprint density at radius 2 is 1.87 bits per heavy atom. The van der Waals surface area contributed by atoms with E-state index in [1.807, 2.05) is 6.92 Å². The van der Waals surface area contributed by atoms with E-state index in [0.29, 0.717) is 12.0 Å². The van der Waals surface area contributed by atoms with Crippen LogP contribution in [-0.4, -0.2) is 49.6 Å².